The van der Waals surface area contributed by atoms with Gasteiger partial charge in [0.15, 0.2) is 9.84 Å². The molecule has 4 nitrogen and oxygen atoms in total. The van der Waals surface area contributed by atoms with Crippen molar-refractivity contribution in [3.8, 4) is 0 Å². The number of nitrogens with one attached hydrogen (secondary N) is 1. The lowest BCUT2D eigenvalue weighted by Gasteiger charge is -2.29. The second-order valence-electron chi connectivity index (χ2n) is 6.73. The molecule has 1 N–H and O–H groups in total. The van der Waals surface area contributed by atoms with Crippen LogP contribution in [0, 0.1) is 0 Å². The van der Waals surface area contributed by atoms with Crippen molar-refractivity contribution in [2.24, 2.45) is 0 Å². The number of sulfone groups is 1. The summed E-state index contributed by atoms with van der Waals surface area (Å²) in [6.07, 6.45) is 0. The van der Waals surface area contributed by atoms with E-state index in [0.717, 1.165) is 0 Å². The molecule has 3 aromatic rings. The van der Waals surface area contributed by atoms with E-state index in [1.54, 1.807) is 73.7 Å². The fraction of sp³-hybridized carbons (Fsp3) is 0.136. The van der Waals surface area contributed by atoms with Crippen LogP contribution in [0.1, 0.15) is 12.5 Å². The molecule has 3 aromatic carbocycles. The first-order valence-corrected chi connectivity index (χ1v) is 10.7. The van der Waals surface area contributed by atoms with Gasteiger partial charge in [-0.3, -0.25) is 4.79 Å². The molecule has 0 saturated carbocycles. The SMILES string of the molecule is C[C@](CS(=O)(=O)c1ccccc1)(C(=O)Nc1ccccc1)c1ccc(Cl)cc1. The molecule has 0 aliphatic carbocycles. The summed E-state index contributed by atoms with van der Waals surface area (Å²) in [5, 5.41) is 3.35. The number of halogens is 1. The van der Waals surface area contributed by atoms with Crippen molar-refractivity contribution in [3.63, 3.8) is 0 Å². The van der Waals surface area contributed by atoms with Crippen LogP contribution in [0.4, 0.5) is 5.69 Å². The Labute approximate surface area is 170 Å². The molecule has 0 fully saturated rings. The molecule has 1 amide bonds. The lowest BCUT2D eigenvalue weighted by atomic mass is 9.83. The molecule has 0 radical (unpaired) electrons. The third kappa shape index (κ3) is 4.43. The van der Waals surface area contributed by atoms with Crippen LogP contribution >= 0.6 is 11.6 Å². The molecule has 144 valence electrons. The second kappa shape index (κ2) is 8.17. The zero-order chi connectivity index (χ0) is 20.2. The zero-order valence-corrected chi connectivity index (χ0v) is 16.9. The molecule has 1 atom stereocenters. The number of carbonyl (C=O) groups excluding carboxylic acids is 1. The van der Waals surface area contributed by atoms with Crippen LogP contribution in [-0.2, 0) is 20.0 Å². The van der Waals surface area contributed by atoms with Gasteiger partial charge in [0.1, 0.15) is 0 Å². The molecule has 3 rings (SSSR count). The Bertz CT molecular complexity index is 1050. The predicted octanol–water partition coefficient (Wildman–Crippen LogP) is 4.71. The summed E-state index contributed by atoms with van der Waals surface area (Å²) in [6.45, 7) is 1.63. The average Bonchev–Trinajstić information content (AvgIpc) is 2.69. The van der Waals surface area contributed by atoms with Crippen LogP contribution < -0.4 is 5.32 Å². The van der Waals surface area contributed by atoms with Gasteiger partial charge >= 0.3 is 0 Å². The zero-order valence-electron chi connectivity index (χ0n) is 15.3. The monoisotopic (exact) mass is 413 g/mol. The first-order chi connectivity index (χ1) is 13.3. The number of hydrogen-bond donors (Lipinski definition) is 1. The minimum Gasteiger partial charge on any atom is -0.325 e. The molecule has 0 saturated heterocycles. The summed E-state index contributed by atoms with van der Waals surface area (Å²) in [7, 11) is -3.71. The lowest BCUT2D eigenvalue weighted by molar-refractivity contribution is -0.120. The highest BCUT2D eigenvalue weighted by Gasteiger charge is 2.40. The largest absolute Gasteiger partial charge is 0.325 e. The van der Waals surface area contributed by atoms with Crippen molar-refractivity contribution >= 4 is 33.0 Å². The van der Waals surface area contributed by atoms with Crippen LogP contribution in [0.3, 0.4) is 0 Å². The van der Waals surface area contributed by atoms with Gasteiger partial charge in [-0.1, -0.05) is 60.1 Å². The lowest BCUT2D eigenvalue weighted by Crippen LogP contribution is -2.43. The molecule has 6 heteroatoms. The van der Waals surface area contributed by atoms with E-state index < -0.39 is 21.2 Å². The molecule has 0 heterocycles. The minimum absolute atomic E-state index is 0.183. The summed E-state index contributed by atoms with van der Waals surface area (Å²) in [4.78, 5) is 13.4. The first kappa shape index (κ1) is 20.1. The van der Waals surface area contributed by atoms with Crippen molar-refractivity contribution in [2.45, 2.75) is 17.2 Å². The van der Waals surface area contributed by atoms with Crippen molar-refractivity contribution < 1.29 is 13.2 Å². The van der Waals surface area contributed by atoms with Gasteiger partial charge in [-0.2, -0.15) is 0 Å². The predicted molar refractivity (Wildman–Crippen MR) is 112 cm³/mol. The van der Waals surface area contributed by atoms with Crippen LogP contribution in [-0.4, -0.2) is 20.1 Å². The fourth-order valence-corrected chi connectivity index (χ4v) is 4.90. The Hall–Kier alpha value is -2.63. The smallest absolute Gasteiger partial charge is 0.235 e. The topological polar surface area (TPSA) is 63.2 Å². The molecule has 0 aromatic heterocycles. The number of rotatable bonds is 6. The van der Waals surface area contributed by atoms with Gasteiger partial charge in [0, 0.05) is 10.7 Å². The summed E-state index contributed by atoms with van der Waals surface area (Å²) in [6, 6.07) is 23.8. The Morgan fingerprint density at radius 3 is 2.00 bits per heavy atom. The Balaban J connectivity index is 2.01. The van der Waals surface area contributed by atoms with E-state index in [-0.39, 0.29) is 10.6 Å². The van der Waals surface area contributed by atoms with Gasteiger partial charge in [0.05, 0.1) is 16.1 Å². The standard InChI is InChI=1S/C22H20ClNO3S/c1-22(17-12-14-18(23)15-13-17,21(25)24-19-8-4-2-5-9-19)16-28(26,27)20-10-6-3-7-11-20/h2-15H,16H2,1H3,(H,24,25)/t22-/m1/s1. The van der Waals surface area contributed by atoms with Crippen LogP contribution in [0.15, 0.2) is 89.8 Å². The van der Waals surface area contributed by atoms with Gasteiger partial charge in [0.25, 0.3) is 0 Å². The summed E-state index contributed by atoms with van der Waals surface area (Å²) in [5.41, 5.74) is -0.135. The van der Waals surface area contributed by atoms with Gasteiger partial charge in [-0.05, 0) is 48.9 Å². The van der Waals surface area contributed by atoms with Crippen LogP contribution in [0.25, 0.3) is 0 Å². The molecule has 0 unspecified atom stereocenters. The Morgan fingerprint density at radius 2 is 1.43 bits per heavy atom. The second-order valence-corrected chi connectivity index (χ2v) is 9.16. The van der Waals surface area contributed by atoms with E-state index >= 15 is 0 Å². The quantitative estimate of drug-likeness (QED) is 0.636. The average molecular weight is 414 g/mol. The maximum absolute atomic E-state index is 13.2. The van der Waals surface area contributed by atoms with E-state index in [0.29, 0.717) is 16.3 Å². The molecule has 0 bridgehead atoms. The third-order valence-electron chi connectivity index (χ3n) is 4.60. The van der Waals surface area contributed by atoms with Crippen molar-refractivity contribution in [1.29, 1.82) is 0 Å². The fourth-order valence-electron chi connectivity index (χ4n) is 2.98. The number of amides is 1. The number of hydrogen-bond acceptors (Lipinski definition) is 3. The van der Waals surface area contributed by atoms with Crippen LogP contribution in [0.2, 0.25) is 5.02 Å². The number of benzene rings is 3. The summed E-state index contributed by atoms with van der Waals surface area (Å²) >= 11 is 5.98. The van der Waals surface area contributed by atoms with E-state index in [2.05, 4.69) is 5.32 Å². The number of carbonyl (C=O) groups is 1. The van der Waals surface area contributed by atoms with E-state index in [1.165, 1.54) is 12.1 Å². The van der Waals surface area contributed by atoms with Gasteiger partial charge in [0.2, 0.25) is 5.91 Å². The maximum atomic E-state index is 13.2. The van der Waals surface area contributed by atoms with E-state index in [9.17, 15) is 13.2 Å². The molecule has 0 aliphatic rings. The Kier molecular flexibility index (Phi) is 5.87. The van der Waals surface area contributed by atoms with E-state index in [1.807, 2.05) is 6.07 Å². The van der Waals surface area contributed by atoms with E-state index in [4.69, 9.17) is 11.6 Å². The molecule has 28 heavy (non-hydrogen) atoms. The molecule has 0 aliphatic heterocycles. The number of anilines is 1. The summed E-state index contributed by atoms with van der Waals surface area (Å²) in [5.74, 6) is -0.773. The van der Waals surface area contributed by atoms with Gasteiger partial charge < -0.3 is 5.32 Å². The maximum Gasteiger partial charge on any atom is 0.235 e. The first-order valence-electron chi connectivity index (χ1n) is 8.72. The van der Waals surface area contributed by atoms with Gasteiger partial charge in [-0.15, -0.1) is 0 Å². The van der Waals surface area contributed by atoms with Crippen molar-refractivity contribution in [2.75, 3.05) is 11.1 Å². The highest BCUT2D eigenvalue weighted by Crippen LogP contribution is 2.31. The molecular formula is C22H20ClNO3S. The van der Waals surface area contributed by atoms with Crippen LogP contribution in [0.5, 0.6) is 0 Å². The summed E-state index contributed by atoms with van der Waals surface area (Å²) < 4.78 is 26.1. The van der Waals surface area contributed by atoms with Crippen molar-refractivity contribution in [3.05, 3.63) is 95.5 Å². The molecule has 0 spiro atoms. The van der Waals surface area contributed by atoms with Gasteiger partial charge in [-0.25, -0.2) is 8.42 Å². The Morgan fingerprint density at radius 1 is 0.893 bits per heavy atom. The number of para-hydroxylation sites is 1. The highest BCUT2D eigenvalue weighted by atomic mass is 35.5. The molecular weight excluding hydrogens is 394 g/mol. The minimum atomic E-state index is -3.71. The van der Waals surface area contributed by atoms with Crippen molar-refractivity contribution in [1.82, 2.24) is 0 Å². The third-order valence-corrected chi connectivity index (χ3v) is 6.79. The highest BCUT2D eigenvalue weighted by molar-refractivity contribution is 7.91. The normalized spacial score (nSPS) is 13.5.